The van der Waals surface area contributed by atoms with Crippen molar-refractivity contribution in [3.63, 3.8) is 0 Å². The molecule has 0 N–H and O–H groups in total. The number of fused-ring (bicyclic) bond motifs is 9. The minimum Gasteiger partial charge on any atom is -0.294 e. The summed E-state index contributed by atoms with van der Waals surface area (Å²) >= 11 is 0. The summed E-state index contributed by atoms with van der Waals surface area (Å²) in [6, 6.07) is 51.6. The average molecular weight is 823 g/mol. The number of aryl methyl sites for hydroxylation is 2. The van der Waals surface area contributed by atoms with Crippen LogP contribution in [0.5, 0.6) is 0 Å². The van der Waals surface area contributed by atoms with Crippen LogP contribution < -0.4 is 0 Å². The highest BCUT2D eigenvalue weighted by Gasteiger charge is 2.27. The van der Waals surface area contributed by atoms with E-state index in [1.165, 1.54) is 88.6 Å². The van der Waals surface area contributed by atoms with Crippen molar-refractivity contribution < 1.29 is 0 Å². The molecule has 3 aromatic heterocycles. The third-order valence-electron chi connectivity index (χ3n) is 13.6. The number of aromatic nitrogens is 3. The molecule has 0 aliphatic heterocycles. The molecule has 6 aromatic carbocycles. The summed E-state index contributed by atoms with van der Waals surface area (Å²) in [6.45, 7) is 3.87. The Bertz CT molecular complexity index is 3480. The van der Waals surface area contributed by atoms with E-state index >= 15 is 0 Å². The maximum atomic E-state index is 5.11. The Morgan fingerprint density at radius 3 is 2.16 bits per heavy atom. The molecule has 0 saturated carbocycles. The van der Waals surface area contributed by atoms with Crippen LogP contribution in [0.1, 0.15) is 52.3 Å². The van der Waals surface area contributed by atoms with E-state index in [0.29, 0.717) is 5.92 Å². The molecule has 1 atom stereocenters. The SMILES string of the molecule is C=C/C=C\C=N/n1c2c(c3cc4c(cc31)-c1cc3c(cc1CC4)c1cc(-c4cccc(-c5ccccc5)c4)ccc1n3-c1ccccn1)C=C(c1cccc(C3C=CC=CC3)c1)CC2. The standard InChI is InChI=1S/C60H46N4/c1-2-3-11-31-62-64-57-29-27-47(45-22-14-20-43(33-45)41-17-8-5-9-18-41)35-53(57)55-37-49-25-24-48-36-54-52-34-46(44-21-13-19-42(32-44)40-15-6-4-7-16-40)26-28-56(52)63(60-23-10-12-30-61-60)58(54)38-50(48)51(49)39-59(55)64/h2-17,19-23,26,28,30-39,41H,1,18,24-25,27,29H2/b11-3-,62-31-. The van der Waals surface area contributed by atoms with Crippen LogP contribution in [0.4, 0.5) is 0 Å². The first-order valence-corrected chi connectivity index (χ1v) is 22.5. The summed E-state index contributed by atoms with van der Waals surface area (Å²) in [5.74, 6) is 1.34. The van der Waals surface area contributed by atoms with Gasteiger partial charge in [0.15, 0.2) is 0 Å². The predicted octanol–water partition coefficient (Wildman–Crippen LogP) is 14.9. The Morgan fingerprint density at radius 2 is 1.34 bits per heavy atom. The van der Waals surface area contributed by atoms with Crippen LogP contribution >= 0.6 is 0 Å². The van der Waals surface area contributed by atoms with Gasteiger partial charge in [-0.2, -0.15) is 5.10 Å². The number of hydrogen-bond donors (Lipinski definition) is 0. The van der Waals surface area contributed by atoms with Crippen LogP contribution in [0.15, 0.2) is 200 Å². The Labute approximate surface area is 373 Å². The molecular formula is C60H46N4. The molecule has 3 aliphatic carbocycles. The lowest BCUT2D eigenvalue weighted by Gasteiger charge is -2.21. The number of benzene rings is 6. The van der Waals surface area contributed by atoms with Gasteiger partial charge >= 0.3 is 0 Å². The molecule has 9 aromatic rings. The molecule has 4 heteroatoms. The maximum Gasteiger partial charge on any atom is 0.137 e. The minimum atomic E-state index is 0.422. The molecule has 0 saturated heterocycles. The molecule has 0 amide bonds. The molecule has 12 rings (SSSR count). The minimum absolute atomic E-state index is 0.422. The van der Waals surface area contributed by atoms with Gasteiger partial charge in [-0.3, -0.25) is 4.57 Å². The molecule has 0 spiro atoms. The quantitative estimate of drug-likeness (QED) is 0.111. The summed E-state index contributed by atoms with van der Waals surface area (Å²) in [7, 11) is 0. The van der Waals surface area contributed by atoms with Crippen LogP contribution in [0.25, 0.3) is 83.6 Å². The normalized spacial score (nSPS) is 15.6. The zero-order valence-corrected chi connectivity index (χ0v) is 35.7. The van der Waals surface area contributed by atoms with Gasteiger partial charge in [0.2, 0.25) is 0 Å². The number of hydrogen-bond acceptors (Lipinski definition) is 2. The largest absolute Gasteiger partial charge is 0.294 e. The maximum absolute atomic E-state index is 5.11. The monoisotopic (exact) mass is 822 g/mol. The average Bonchev–Trinajstić information content (AvgIpc) is 3.85. The Hall–Kier alpha value is -7.82. The smallest absolute Gasteiger partial charge is 0.137 e. The molecule has 0 bridgehead atoms. The lowest BCUT2D eigenvalue weighted by atomic mass is 9.83. The zero-order valence-electron chi connectivity index (χ0n) is 35.7. The summed E-state index contributed by atoms with van der Waals surface area (Å²) in [4.78, 5) is 4.91. The van der Waals surface area contributed by atoms with Gasteiger partial charge in [0, 0.05) is 40.1 Å². The van der Waals surface area contributed by atoms with Crippen molar-refractivity contribution >= 4 is 50.6 Å². The Morgan fingerprint density at radius 1 is 0.594 bits per heavy atom. The van der Waals surface area contributed by atoms with Crippen molar-refractivity contribution in [1.82, 2.24) is 14.2 Å². The lowest BCUT2D eigenvalue weighted by molar-refractivity contribution is 0.812. The van der Waals surface area contributed by atoms with Crippen molar-refractivity contribution in [2.75, 3.05) is 0 Å². The van der Waals surface area contributed by atoms with E-state index in [1.54, 1.807) is 6.08 Å². The fraction of sp³-hybridized carbons (Fsp3) is 0.100. The summed E-state index contributed by atoms with van der Waals surface area (Å²) in [5, 5.41) is 8.86. The van der Waals surface area contributed by atoms with Gasteiger partial charge in [-0.05, 0) is 160 Å². The van der Waals surface area contributed by atoms with Gasteiger partial charge in [0.25, 0.3) is 0 Å². The number of allylic oxidation sites excluding steroid dienone is 8. The highest BCUT2D eigenvalue weighted by molar-refractivity contribution is 6.12. The molecule has 3 aliphatic rings. The molecule has 4 nitrogen and oxygen atoms in total. The van der Waals surface area contributed by atoms with E-state index in [4.69, 9.17) is 10.1 Å². The van der Waals surface area contributed by atoms with E-state index < -0.39 is 0 Å². The number of nitrogens with zero attached hydrogens (tertiary/aromatic N) is 4. The molecule has 0 fully saturated rings. The second-order valence-electron chi connectivity index (χ2n) is 17.3. The zero-order chi connectivity index (χ0) is 42.6. The third kappa shape index (κ3) is 6.53. The molecule has 1 unspecified atom stereocenters. The van der Waals surface area contributed by atoms with Crippen LogP contribution in [0.2, 0.25) is 0 Å². The van der Waals surface area contributed by atoms with Crippen molar-refractivity contribution in [3.05, 3.63) is 228 Å². The first-order chi connectivity index (χ1) is 31.7. The summed E-state index contributed by atoms with van der Waals surface area (Å²) < 4.78 is 4.55. The van der Waals surface area contributed by atoms with E-state index in [1.807, 2.05) is 30.6 Å². The van der Waals surface area contributed by atoms with Gasteiger partial charge < -0.3 is 0 Å². The van der Waals surface area contributed by atoms with Gasteiger partial charge in [-0.1, -0.05) is 128 Å². The molecule has 64 heavy (non-hydrogen) atoms. The van der Waals surface area contributed by atoms with Crippen LogP contribution in [0, 0.1) is 0 Å². The van der Waals surface area contributed by atoms with Crippen LogP contribution in [0.3, 0.4) is 0 Å². The number of rotatable bonds is 8. The highest BCUT2D eigenvalue weighted by atomic mass is 15.3. The van der Waals surface area contributed by atoms with Crippen LogP contribution in [-0.4, -0.2) is 20.4 Å². The van der Waals surface area contributed by atoms with E-state index in [9.17, 15) is 0 Å². The topological polar surface area (TPSA) is 35.1 Å². The Kier molecular flexibility index (Phi) is 9.37. The molecule has 0 radical (unpaired) electrons. The van der Waals surface area contributed by atoms with Gasteiger partial charge in [0.1, 0.15) is 5.82 Å². The van der Waals surface area contributed by atoms with Crippen molar-refractivity contribution in [2.45, 2.75) is 38.0 Å². The second-order valence-corrected chi connectivity index (χ2v) is 17.3. The molecule has 3 heterocycles. The highest BCUT2D eigenvalue weighted by Crippen LogP contribution is 2.45. The fourth-order valence-electron chi connectivity index (χ4n) is 10.4. The van der Waals surface area contributed by atoms with Gasteiger partial charge in [-0.25, -0.2) is 9.66 Å². The predicted molar refractivity (Wildman–Crippen MR) is 269 cm³/mol. The second kappa shape index (κ2) is 15.8. The van der Waals surface area contributed by atoms with E-state index in [0.717, 1.165) is 54.5 Å². The molecule has 306 valence electrons. The van der Waals surface area contributed by atoms with Gasteiger partial charge in [-0.15, -0.1) is 0 Å². The third-order valence-corrected chi connectivity index (χ3v) is 13.6. The van der Waals surface area contributed by atoms with Crippen molar-refractivity contribution in [1.29, 1.82) is 0 Å². The Balaban J connectivity index is 1.01. The fourth-order valence-corrected chi connectivity index (χ4v) is 10.4. The molecular weight excluding hydrogens is 777 g/mol. The van der Waals surface area contributed by atoms with E-state index in [2.05, 4.69) is 180 Å². The summed E-state index contributed by atoms with van der Waals surface area (Å²) in [6.07, 6.45) is 25.7. The number of pyridine rings is 1. The van der Waals surface area contributed by atoms with Crippen molar-refractivity contribution in [2.24, 2.45) is 5.10 Å². The van der Waals surface area contributed by atoms with E-state index in [-0.39, 0.29) is 0 Å². The summed E-state index contributed by atoms with van der Waals surface area (Å²) in [5.41, 5.74) is 20.3. The van der Waals surface area contributed by atoms with Crippen LogP contribution in [-0.2, 0) is 19.3 Å². The van der Waals surface area contributed by atoms with Gasteiger partial charge in [0.05, 0.1) is 22.2 Å². The van der Waals surface area contributed by atoms with Crippen molar-refractivity contribution in [3.8, 4) is 39.2 Å². The first kappa shape index (κ1) is 37.9. The first-order valence-electron chi connectivity index (χ1n) is 22.5. The lowest BCUT2D eigenvalue weighted by Crippen LogP contribution is -2.05.